The molecule has 2 aliphatic heterocycles. The molecule has 1 unspecified atom stereocenters. The Hall–Kier alpha value is -2.28. The highest BCUT2D eigenvalue weighted by Gasteiger charge is 2.39. The lowest BCUT2D eigenvalue weighted by molar-refractivity contribution is -0.137. The zero-order chi connectivity index (χ0) is 25.7. The molecule has 0 radical (unpaired) electrons. The van der Waals surface area contributed by atoms with Gasteiger partial charge >= 0.3 is 6.18 Å². The Bertz CT molecular complexity index is 958. The van der Waals surface area contributed by atoms with E-state index in [0.717, 1.165) is 69.5 Å². The minimum atomic E-state index is -4.33. The molecule has 1 amide bonds. The topological polar surface area (TPSA) is 44.4 Å². The van der Waals surface area contributed by atoms with Crippen LogP contribution in [0.3, 0.4) is 0 Å². The summed E-state index contributed by atoms with van der Waals surface area (Å²) < 4.78 is 40.3. The van der Waals surface area contributed by atoms with E-state index in [9.17, 15) is 18.0 Å². The molecule has 1 saturated heterocycles. The largest absolute Gasteiger partial charge is 0.416 e. The van der Waals surface area contributed by atoms with Crippen LogP contribution in [0.25, 0.3) is 0 Å². The molecule has 4 nitrogen and oxygen atoms in total. The number of hydrogen-bond acceptors (Lipinski definition) is 3. The van der Waals surface area contributed by atoms with E-state index >= 15 is 0 Å². The first-order valence-electron chi connectivity index (χ1n) is 13.5. The van der Waals surface area contributed by atoms with Crippen LogP contribution in [0.4, 0.5) is 18.9 Å². The molecule has 4 rings (SSSR count). The molecule has 2 heterocycles. The van der Waals surface area contributed by atoms with Crippen molar-refractivity contribution in [1.29, 1.82) is 0 Å². The van der Waals surface area contributed by atoms with Crippen LogP contribution in [0.5, 0.6) is 0 Å². The molecule has 198 valence electrons. The van der Waals surface area contributed by atoms with Gasteiger partial charge < -0.3 is 15.5 Å². The normalized spacial score (nSPS) is 26.7. The highest BCUT2D eigenvalue weighted by Crippen LogP contribution is 2.45. The second-order valence-corrected chi connectivity index (χ2v) is 10.9. The number of nitrogens with zero attached hydrogens (tertiary/aromatic N) is 1. The number of amides is 1. The molecule has 1 aromatic carbocycles. The average molecular weight is 504 g/mol. The van der Waals surface area contributed by atoms with E-state index in [1.165, 1.54) is 12.1 Å². The summed E-state index contributed by atoms with van der Waals surface area (Å²) in [7, 11) is 0. The van der Waals surface area contributed by atoms with E-state index in [4.69, 9.17) is 0 Å². The van der Waals surface area contributed by atoms with Crippen LogP contribution in [0, 0.1) is 17.8 Å². The predicted octanol–water partition coefficient (Wildman–Crippen LogP) is 6.37. The van der Waals surface area contributed by atoms with E-state index in [-0.39, 0.29) is 23.8 Å². The fourth-order valence-corrected chi connectivity index (χ4v) is 6.06. The van der Waals surface area contributed by atoms with E-state index in [1.807, 2.05) is 4.90 Å². The Morgan fingerprint density at radius 1 is 1.25 bits per heavy atom. The summed E-state index contributed by atoms with van der Waals surface area (Å²) >= 11 is 0. The van der Waals surface area contributed by atoms with Crippen molar-refractivity contribution in [2.75, 3.05) is 31.5 Å². The smallest absolute Gasteiger partial charge is 0.381 e. The van der Waals surface area contributed by atoms with Gasteiger partial charge in [0.15, 0.2) is 0 Å². The summed E-state index contributed by atoms with van der Waals surface area (Å²) in [6, 6.07) is 4.36. The van der Waals surface area contributed by atoms with Crippen molar-refractivity contribution in [1.82, 2.24) is 10.2 Å². The number of hydrogen-bond donors (Lipinski definition) is 2. The minimum Gasteiger partial charge on any atom is -0.381 e. The summed E-state index contributed by atoms with van der Waals surface area (Å²) in [5.41, 5.74) is 1.05. The number of carbonyl (C=O) groups is 1. The van der Waals surface area contributed by atoms with Gasteiger partial charge in [0.1, 0.15) is 0 Å². The SMILES string of the molecule is C[C@H](CC[C@@H]1[C@H](C)c2cc(C(F)(F)F)ccc2N[C@H]1C1C=CC=CC1)CNCCCN1CCCC1=O. The molecule has 1 fully saturated rings. The van der Waals surface area contributed by atoms with Crippen molar-refractivity contribution in [2.24, 2.45) is 17.8 Å². The van der Waals surface area contributed by atoms with E-state index in [0.29, 0.717) is 18.3 Å². The first-order chi connectivity index (χ1) is 17.2. The van der Waals surface area contributed by atoms with Crippen LogP contribution < -0.4 is 10.6 Å². The van der Waals surface area contributed by atoms with Gasteiger partial charge in [-0.1, -0.05) is 38.2 Å². The third-order valence-corrected chi connectivity index (χ3v) is 8.21. The Kier molecular flexibility index (Phi) is 8.81. The van der Waals surface area contributed by atoms with Crippen molar-refractivity contribution < 1.29 is 18.0 Å². The molecule has 3 aliphatic rings. The zero-order valence-electron chi connectivity index (χ0n) is 21.5. The van der Waals surface area contributed by atoms with Crippen LogP contribution in [0.1, 0.15) is 69.4 Å². The van der Waals surface area contributed by atoms with Gasteiger partial charge in [-0.2, -0.15) is 13.2 Å². The van der Waals surface area contributed by atoms with Crippen LogP contribution in [-0.4, -0.2) is 43.0 Å². The molecular formula is C29H40F3N3O. The van der Waals surface area contributed by atoms with Crippen LogP contribution in [0.2, 0.25) is 0 Å². The number of carbonyl (C=O) groups excluding carboxylic acids is 1. The zero-order valence-corrected chi connectivity index (χ0v) is 21.5. The van der Waals surface area contributed by atoms with Gasteiger partial charge in [-0.3, -0.25) is 4.79 Å². The van der Waals surface area contributed by atoms with Crippen molar-refractivity contribution in [3.63, 3.8) is 0 Å². The highest BCUT2D eigenvalue weighted by atomic mass is 19.4. The average Bonchev–Trinajstić information content (AvgIpc) is 3.27. The number of likely N-dealkylation sites (tertiary alicyclic amines) is 1. The Labute approximate surface area is 213 Å². The Morgan fingerprint density at radius 3 is 2.78 bits per heavy atom. The van der Waals surface area contributed by atoms with E-state index in [2.05, 4.69) is 48.8 Å². The lowest BCUT2D eigenvalue weighted by Crippen LogP contribution is -2.42. The molecule has 0 spiro atoms. The summed E-state index contributed by atoms with van der Waals surface area (Å²) in [5, 5.41) is 7.18. The first-order valence-corrected chi connectivity index (χ1v) is 13.5. The van der Waals surface area contributed by atoms with Gasteiger partial charge in [0.05, 0.1) is 5.56 Å². The minimum absolute atomic E-state index is 0.0472. The maximum Gasteiger partial charge on any atom is 0.416 e. The number of halogens is 3. The van der Waals surface area contributed by atoms with Gasteiger partial charge in [-0.25, -0.2) is 0 Å². The molecule has 5 atom stereocenters. The quantitative estimate of drug-likeness (QED) is 0.365. The molecule has 7 heteroatoms. The van der Waals surface area contributed by atoms with Gasteiger partial charge in [0, 0.05) is 37.2 Å². The number of rotatable bonds is 10. The summed E-state index contributed by atoms with van der Waals surface area (Å²) in [6.07, 6.45) is 9.80. The first kappa shape index (κ1) is 26.8. The third kappa shape index (κ3) is 6.53. The number of nitrogens with one attached hydrogen (secondary N) is 2. The van der Waals surface area contributed by atoms with Gasteiger partial charge in [-0.15, -0.1) is 0 Å². The number of allylic oxidation sites excluding steroid dienone is 3. The molecule has 1 aromatic rings. The standard InChI is InChI=1S/C29H40F3N3O/c1-20(19-33-15-7-17-35-16-6-10-27(35)36)11-13-24-21(2)25-18-23(29(30,31)32)12-14-26(25)34-28(24)22-8-4-3-5-9-22/h3-5,8,12,14,18,20-22,24,28,33-34H,6-7,9-11,13,15-17,19H2,1-2H3/t20-,21+,22?,24-,28+/m1/s1. The van der Waals surface area contributed by atoms with Gasteiger partial charge in [0.2, 0.25) is 5.91 Å². The number of alkyl halides is 3. The monoisotopic (exact) mass is 503 g/mol. The van der Waals surface area contributed by atoms with E-state index in [1.54, 1.807) is 6.07 Å². The van der Waals surface area contributed by atoms with Crippen LogP contribution >= 0.6 is 0 Å². The fraction of sp³-hybridized carbons (Fsp3) is 0.621. The lowest BCUT2D eigenvalue weighted by Gasteiger charge is -2.43. The summed E-state index contributed by atoms with van der Waals surface area (Å²) in [4.78, 5) is 13.7. The third-order valence-electron chi connectivity index (χ3n) is 8.21. The molecular weight excluding hydrogens is 463 g/mol. The summed E-state index contributed by atoms with van der Waals surface area (Å²) in [5.74, 6) is 1.38. The van der Waals surface area contributed by atoms with Crippen molar-refractivity contribution in [2.45, 2.75) is 70.5 Å². The maximum atomic E-state index is 13.4. The molecule has 36 heavy (non-hydrogen) atoms. The molecule has 0 aromatic heterocycles. The van der Waals surface area contributed by atoms with Crippen molar-refractivity contribution >= 4 is 11.6 Å². The van der Waals surface area contributed by atoms with Gasteiger partial charge in [-0.05, 0) is 86.7 Å². The van der Waals surface area contributed by atoms with Crippen molar-refractivity contribution in [3.05, 3.63) is 53.6 Å². The Morgan fingerprint density at radius 2 is 2.08 bits per heavy atom. The Balaban J connectivity index is 1.35. The van der Waals surface area contributed by atoms with Crippen LogP contribution in [0.15, 0.2) is 42.5 Å². The fourth-order valence-electron chi connectivity index (χ4n) is 6.06. The number of fused-ring (bicyclic) bond motifs is 1. The molecule has 2 N–H and O–H groups in total. The molecule has 1 aliphatic carbocycles. The predicted molar refractivity (Wildman–Crippen MR) is 139 cm³/mol. The maximum absolute atomic E-state index is 13.4. The lowest BCUT2D eigenvalue weighted by atomic mass is 9.70. The highest BCUT2D eigenvalue weighted by molar-refractivity contribution is 5.78. The second kappa shape index (κ2) is 11.8. The molecule has 0 bridgehead atoms. The van der Waals surface area contributed by atoms with E-state index < -0.39 is 11.7 Å². The molecule has 0 saturated carbocycles. The second-order valence-electron chi connectivity index (χ2n) is 10.9. The number of benzene rings is 1. The number of anilines is 1. The van der Waals surface area contributed by atoms with Crippen molar-refractivity contribution in [3.8, 4) is 0 Å². The van der Waals surface area contributed by atoms with Gasteiger partial charge in [0.25, 0.3) is 0 Å². The summed E-state index contributed by atoms with van der Waals surface area (Å²) in [6.45, 7) is 7.87. The van der Waals surface area contributed by atoms with Crippen LogP contribution in [-0.2, 0) is 11.0 Å².